The fourth-order valence-corrected chi connectivity index (χ4v) is 9.72. The third kappa shape index (κ3) is 5.80. The first-order chi connectivity index (χ1) is 30.8. The molecule has 1 heterocycles. The smallest absolute Gasteiger partial charge is 0.143 e. The SMILES string of the molecule is c1ccc(-c2ccccc2N(c2ccc3c4ccccc4c4ccccc4c4ccccc4c4c(ccc5c6ccccc6oc54)c3c2)c2ccccc2-c2ccccc2)cc1. The summed E-state index contributed by atoms with van der Waals surface area (Å²) in [6.07, 6.45) is 0. The van der Waals surface area contributed by atoms with Crippen molar-refractivity contribution in [3.63, 3.8) is 0 Å². The van der Waals surface area contributed by atoms with Crippen molar-refractivity contribution >= 4 is 92.9 Å². The maximum absolute atomic E-state index is 6.98. The van der Waals surface area contributed by atoms with E-state index in [9.17, 15) is 0 Å². The highest BCUT2D eigenvalue weighted by atomic mass is 16.3. The Labute approximate surface area is 359 Å². The summed E-state index contributed by atoms with van der Waals surface area (Å²) in [4.78, 5) is 2.46. The van der Waals surface area contributed by atoms with Crippen LogP contribution in [0.3, 0.4) is 0 Å². The Morgan fingerprint density at radius 2 is 0.661 bits per heavy atom. The largest absolute Gasteiger partial charge is 0.455 e. The first-order valence-electron chi connectivity index (χ1n) is 21.3. The molecule has 0 aliphatic carbocycles. The van der Waals surface area contributed by atoms with Gasteiger partial charge in [0.2, 0.25) is 0 Å². The molecule has 0 saturated carbocycles. The van der Waals surface area contributed by atoms with Crippen LogP contribution in [0.4, 0.5) is 17.1 Å². The van der Waals surface area contributed by atoms with Gasteiger partial charge in [0.1, 0.15) is 11.2 Å². The molecule has 0 fully saturated rings. The van der Waals surface area contributed by atoms with Gasteiger partial charge in [-0.25, -0.2) is 0 Å². The summed E-state index contributed by atoms with van der Waals surface area (Å²) in [5.41, 5.74) is 9.62. The Balaban J connectivity index is 1.30. The van der Waals surface area contributed by atoms with Crippen LogP contribution in [-0.2, 0) is 0 Å². The molecule has 0 atom stereocenters. The Morgan fingerprint density at radius 1 is 0.274 bits per heavy atom. The highest BCUT2D eigenvalue weighted by Gasteiger charge is 2.22. The second kappa shape index (κ2) is 14.8. The summed E-state index contributed by atoms with van der Waals surface area (Å²) in [7, 11) is 0. The van der Waals surface area contributed by atoms with E-state index in [1.165, 1.54) is 26.9 Å². The molecule has 11 aromatic carbocycles. The molecule has 0 unspecified atom stereocenters. The van der Waals surface area contributed by atoms with E-state index >= 15 is 0 Å². The van der Waals surface area contributed by atoms with E-state index in [0.717, 1.165) is 88.2 Å². The zero-order valence-electron chi connectivity index (χ0n) is 33.9. The number of rotatable bonds is 5. The van der Waals surface area contributed by atoms with Crippen LogP contribution in [0, 0.1) is 0 Å². The number of benzene rings is 10. The van der Waals surface area contributed by atoms with E-state index in [-0.39, 0.29) is 0 Å². The average molecular weight is 790 g/mol. The molecule has 0 N–H and O–H groups in total. The van der Waals surface area contributed by atoms with E-state index in [1.54, 1.807) is 0 Å². The molecule has 2 heteroatoms. The lowest BCUT2D eigenvalue weighted by molar-refractivity contribution is 0.673. The average Bonchev–Trinajstić information content (AvgIpc) is 3.73. The number of hydrogen-bond acceptors (Lipinski definition) is 2. The minimum Gasteiger partial charge on any atom is -0.455 e. The van der Waals surface area contributed by atoms with Crippen molar-refractivity contribution in [1.82, 2.24) is 0 Å². The van der Waals surface area contributed by atoms with E-state index in [1.807, 2.05) is 0 Å². The minimum absolute atomic E-state index is 0.881. The highest BCUT2D eigenvalue weighted by molar-refractivity contribution is 6.31. The van der Waals surface area contributed by atoms with E-state index < -0.39 is 0 Å². The van der Waals surface area contributed by atoms with Gasteiger partial charge in [-0.2, -0.15) is 0 Å². The van der Waals surface area contributed by atoms with Crippen molar-refractivity contribution in [2.45, 2.75) is 0 Å². The van der Waals surface area contributed by atoms with Crippen LogP contribution >= 0.6 is 0 Å². The summed E-state index contributed by atoms with van der Waals surface area (Å²) in [5, 5.41) is 13.8. The first-order valence-corrected chi connectivity index (χ1v) is 21.3. The van der Waals surface area contributed by atoms with Crippen LogP contribution in [0.1, 0.15) is 0 Å². The number of anilines is 3. The fraction of sp³-hybridized carbons (Fsp3) is 0. The first kappa shape index (κ1) is 35.7. The van der Waals surface area contributed by atoms with Gasteiger partial charge in [0.25, 0.3) is 0 Å². The van der Waals surface area contributed by atoms with Crippen LogP contribution < -0.4 is 4.90 Å². The molecule has 0 aliphatic rings. The number of fused-ring (bicyclic) bond motifs is 14. The normalized spacial score (nSPS) is 11.5. The van der Waals surface area contributed by atoms with Crippen molar-refractivity contribution in [3.8, 4) is 22.3 Å². The standard InChI is InChI=1S/C60H39NO/c1-3-19-40(20-4-1)43-23-13-16-32-56(43)61(57-33-17-14-24-44(57)41-21-5-2-6-22-41)42-35-36-50-48-28-10-8-26-46(48)45-25-7-9-27-47(45)49-29-11-12-31-52(49)59-53(55(50)39-42)37-38-54-51-30-15-18-34-58(51)62-60(54)59/h1-39H. The maximum Gasteiger partial charge on any atom is 0.143 e. The molecule has 0 bridgehead atoms. The Morgan fingerprint density at radius 3 is 1.23 bits per heavy atom. The van der Waals surface area contributed by atoms with Crippen molar-refractivity contribution in [2.24, 2.45) is 0 Å². The molecule has 12 rings (SSSR count). The lowest BCUT2D eigenvalue weighted by Crippen LogP contribution is -2.12. The third-order valence-electron chi connectivity index (χ3n) is 12.5. The maximum atomic E-state index is 6.98. The van der Waals surface area contributed by atoms with Gasteiger partial charge in [0.05, 0.1) is 11.4 Å². The summed E-state index contributed by atoms with van der Waals surface area (Å²) in [5.74, 6) is 0. The quantitative estimate of drug-likeness (QED) is 0.173. The van der Waals surface area contributed by atoms with E-state index in [2.05, 4.69) is 241 Å². The van der Waals surface area contributed by atoms with Crippen molar-refractivity contribution < 1.29 is 4.42 Å². The fourth-order valence-electron chi connectivity index (χ4n) is 9.72. The van der Waals surface area contributed by atoms with Crippen LogP contribution in [-0.4, -0.2) is 0 Å². The zero-order valence-corrected chi connectivity index (χ0v) is 33.9. The molecule has 0 spiro atoms. The molecule has 0 saturated heterocycles. The van der Waals surface area contributed by atoms with Crippen molar-refractivity contribution in [2.75, 3.05) is 4.90 Å². The second-order valence-corrected chi connectivity index (χ2v) is 15.9. The molecule has 2 nitrogen and oxygen atoms in total. The molecule has 0 radical (unpaired) electrons. The predicted molar refractivity (Wildman–Crippen MR) is 264 cm³/mol. The molecule has 12 aromatic rings. The van der Waals surface area contributed by atoms with Gasteiger partial charge in [-0.15, -0.1) is 0 Å². The van der Waals surface area contributed by atoms with Crippen molar-refractivity contribution in [3.05, 3.63) is 237 Å². The summed E-state index contributed by atoms with van der Waals surface area (Å²) < 4.78 is 6.98. The lowest BCUT2D eigenvalue weighted by atomic mass is 9.93. The summed E-state index contributed by atoms with van der Waals surface area (Å²) in [6, 6.07) is 85.7. The number of nitrogens with zero attached hydrogens (tertiary/aromatic N) is 1. The number of hydrogen-bond donors (Lipinski definition) is 0. The third-order valence-corrected chi connectivity index (χ3v) is 12.5. The van der Waals surface area contributed by atoms with E-state index in [4.69, 9.17) is 4.42 Å². The molecule has 62 heavy (non-hydrogen) atoms. The topological polar surface area (TPSA) is 16.4 Å². The summed E-state index contributed by atoms with van der Waals surface area (Å²) in [6.45, 7) is 0. The van der Waals surface area contributed by atoms with Gasteiger partial charge in [-0.1, -0.05) is 200 Å². The van der Waals surface area contributed by atoms with Gasteiger partial charge in [0.15, 0.2) is 0 Å². The molecule has 1 aromatic heterocycles. The Hall–Kier alpha value is -8.20. The van der Waals surface area contributed by atoms with Gasteiger partial charge < -0.3 is 9.32 Å². The van der Waals surface area contributed by atoms with Crippen LogP contribution in [0.2, 0.25) is 0 Å². The molecule has 0 amide bonds. The van der Waals surface area contributed by atoms with Crippen molar-refractivity contribution in [1.29, 1.82) is 0 Å². The lowest BCUT2D eigenvalue weighted by Gasteiger charge is -2.30. The number of furan rings is 1. The molecule has 0 aliphatic heterocycles. The van der Waals surface area contributed by atoms with Gasteiger partial charge in [-0.05, 0) is 96.0 Å². The Bertz CT molecular complexity index is 3670. The van der Waals surface area contributed by atoms with Crippen LogP contribution in [0.15, 0.2) is 241 Å². The number of para-hydroxylation sites is 3. The molecule has 290 valence electrons. The van der Waals surface area contributed by atoms with Gasteiger partial charge in [-0.3, -0.25) is 0 Å². The van der Waals surface area contributed by atoms with Gasteiger partial charge in [0, 0.05) is 33.0 Å². The summed E-state index contributed by atoms with van der Waals surface area (Å²) >= 11 is 0. The monoisotopic (exact) mass is 789 g/mol. The minimum atomic E-state index is 0.881. The van der Waals surface area contributed by atoms with Crippen LogP contribution in [0.25, 0.3) is 98.1 Å². The van der Waals surface area contributed by atoms with E-state index in [0.29, 0.717) is 0 Å². The zero-order chi connectivity index (χ0) is 41.0. The second-order valence-electron chi connectivity index (χ2n) is 15.9. The van der Waals surface area contributed by atoms with Gasteiger partial charge >= 0.3 is 0 Å². The van der Waals surface area contributed by atoms with Crippen LogP contribution in [0.5, 0.6) is 0 Å². The Kier molecular flexibility index (Phi) is 8.53. The molecular weight excluding hydrogens is 751 g/mol. The predicted octanol–water partition coefficient (Wildman–Crippen LogP) is 17.3. The molecular formula is C60H39NO. The highest BCUT2D eigenvalue weighted by Crippen LogP contribution is 2.47.